The highest BCUT2D eigenvalue weighted by Gasteiger charge is 2.43. The van der Waals surface area contributed by atoms with E-state index in [0.717, 1.165) is 60.5 Å². The van der Waals surface area contributed by atoms with Gasteiger partial charge in [0, 0.05) is 56.3 Å². The van der Waals surface area contributed by atoms with Crippen LogP contribution in [0.4, 0.5) is 5.82 Å². The van der Waals surface area contributed by atoms with E-state index in [1.807, 2.05) is 24.1 Å². The monoisotopic (exact) mass is 492 g/mol. The predicted molar refractivity (Wildman–Crippen MR) is 138 cm³/mol. The SMILES string of the molecule is CNCC(=O)N1CC=C(c2cc(C3CCOC3)nnc2OC2(C)CC(Nc3ccc(C)cn3)C2)CC1. The molecule has 0 spiro atoms. The van der Waals surface area contributed by atoms with Crippen molar-refractivity contribution in [3.05, 3.63) is 47.3 Å². The number of nitrogens with zero attached hydrogens (tertiary/aromatic N) is 4. The van der Waals surface area contributed by atoms with Crippen LogP contribution in [0.3, 0.4) is 0 Å². The molecule has 0 aromatic carbocycles. The maximum Gasteiger partial charge on any atom is 0.241 e. The van der Waals surface area contributed by atoms with Crippen molar-refractivity contribution in [2.45, 2.75) is 57.1 Å². The average molecular weight is 493 g/mol. The first-order valence-corrected chi connectivity index (χ1v) is 12.9. The Morgan fingerprint density at radius 2 is 2.17 bits per heavy atom. The molecule has 1 unspecified atom stereocenters. The fourth-order valence-corrected chi connectivity index (χ4v) is 5.24. The van der Waals surface area contributed by atoms with Crippen LogP contribution in [0.2, 0.25) is 0 Å². The van der Waals surface area contributed by atoms with Crippen LogP contribution < -0.4 is 15.4 Å². The number of hydrogen-bond acceptors (Lipinski definition) is 8. The van der Waals surface area contributed by atoms with Crippen molar-refractivity contribution in [1.29, 1.82) is 0 Å². The lowest BCUT2D eigenvalue weighted by atomic mass is 9.77. The zero-order chi connectivity index (χ0) is 25.1. The third kappa shape index (κ3) is 5.52. The summed E-state index contributed by atoms with van der Waals surface area (Å²) in [7, 11) is 1.79. The molecule has 192 valence electrons. The highest BCUT2D eigenvalue weighted by Crippen LogP contribution is 2.40. The van der Waals surface area contributed by atoms with Gasteiger partial charge in [0.1, 0.15) is 11.4 Å². The number of hydrogen-bond donors (Lipinski definition) is 2. The van der Waals surface area contributed by atoms with Crippen LogP contribution in [0.25, 0.3) is 5.57 Å². The summed E-state index contributed by atoms with van der Waals surface area (Å²) in [6.07, 6.45) is 7.43. The molecule has 2 fully saturated rings. The molecule has 2 aromatic heterocycles. The molecule has 1 atom stereocenters. The van der Waals surface area contributed by atoms with Gasteiger partial charge in [-0.1, -0.05) is 12.1 Å². The maximum atomic E-state index is 12.3. The molecular weight excluding hydrogens is 456 g/mol. The molecule has 1 saturated carbocycles. The summed E-state index contributed by atoms with van der Waals surface area (Å²) in [5.41, 5.74) is 3.93. The van der Waals surface area contributed by atoms with Crippen molar-refractivity contribution in [3.63, 3.8) is 0 Å². The first-order chi connectivity index (χ1) is 17.4. The van der Waals surface area contributed by atoms with Crippen LogP contribution in [0.5, 0.6) is 5.88 Å². The van der Waals surface area contributed by atoms with Gasteiger partial charge in [0.15, 0.2) is 0 Å². The fourth-order valence-electron chi connectivity index (χ4n) is 5.24. The summed E-state index contributed by atoms with van der Waals surface area (Å²) in [6, 6.07) is 6.51. The Morgan fingerprint density at radius 1 is 1.31 bits per heavy atom. The second-order valence-electron chi connectivity index (χ2n) is 10.4. The van der Waals surface area contributed by atoms with Crippen LogP contribution >= 0.6 is 0 Å². The van der Waals surface area contributed by atoms with Crippen molar-refractivity contribution in [3.8, 4) is 5.88 Å². The second-order valence-corrected chi connectivity index (χ2v) is 10.4. The van der Waals surface area contributed by atoms with E-state index in [0.29, 0.717) is 38.2 Å². The lowest BCUT2D eigenvalue weighted by Gasteiger charge is -2.45. The fraction of sp³-hybridized carbons (Fsp3) is 0.556. The molecule has 2 N–H and O–H groups in total. The molecule has 5 rings (SSSR count). The lowest BCUT2D eigenvalue weighted by Crippen LogP contribution is -2.52. The third-order valence-electron chi connectivity index (χ3n) is 7.33. The van der Waals surface area contributed by atoms with Gasteiger partial charge in [-0.3, -0.25) is 4.79 Å². The van der Waals surface area contributed by atoms with E-state index in [-0.39, 0.29) is 17.4 Å². The molecule has 2 aromatic rings. The first-order valence-electron chi connectivity index (χ1n) is 12.9. The molecule has 2 aliphatic heterocycles. The Kier molecular flexibility index (Phi) is 7.20. The zero-order valence-corrected chi connectivity index (χ0v) is 21.4. The predicted octanol–water partition coefficient (Wildman–Crippen LogP) is 2.93. The van der Waals surface area contributed by atoms with Gasteiger partial charge in [0.2, 0.25) is 11.8 Å². The highest BCUT2D eigenvalue weighted by atomic mass is 16.5. The summed E-state index contributed by atoms with van der Waals surface area (Å²) >= 11 is 0. The molecule has 9 heteroatoms. The van der Waals surface area contributed by atoms with Gasteiger partial charge >= 0.3 is 0 Å². The van der Waals surface area contributed by atoms with Crippen LogP contribution in [0.15, 0.2) is 30.5 Å². The lowest BCUT2D eigenvalue weighted by molar-refractivity contribution is -0.129. The molecule has 0 radical (unpaired) electrons. The van der Waals surface area contributed by atoms with E-state index >= 15 is 0 Å². The minimum Gasteiger partial charge on any atom is -0.470 e. The van der Waals surface area contributed by atoms with Gasteiger partial charge in [-0.05, 0) is 57.0 Å². The number of carbonyl (C=O) groups excluding carboxylic acids is 1. The van der Waals surface area contributed by atoms with E-state index in [4.69, 9.17) is 9.47 Å². The van der Waals surface area contributed by atoms with Gasteiger partial charge in [-0.15, -0.1) is 5.10 Å². The number of pyridine rings is 1. The Morgan fingerprint density at radius 3 is 2.83 bits per heavy atom. The molecular formula is C27H36N6O3. The second kappa shape index (κ2) is 10.5. The first kappa shape index (κ1) is 24.6. The molecule has 9 nitrogen and oxygen atoms in total. The van der Waals surface area contributed by atoms with Gasteiger partial charge in [0.05, 0.1) is 18.8 Å². The summed E-state index contributed by atoms with van der Waals surface area (Å²) in [5, 5.41) is 15.6. The molecule has 1 amide bonds. The van der Waals surface area contributed by atoms with Crippen molar-refractivity contribution < 1.29 is 14.3 Å². The van der Waals surface area contributed by atoms with Crippen LogP contribution in [-0.2, 0) is 9.53 Å². The Hall–Kier alpha value is -3.04. The van der Waals surface area contributed by atoms with Crippen LogP contribution in [-0.4, -0.2) is 77.5 Å². The number of ether oxygens (including phenoxy) is 2. The van der Waals surface area contributed by atoms with Gasteiger partial charge in [-0.25, -0.2) is 4.98 Å². The molecule has 1 aliphatic carbocycles. The van der Waals surface area contributed by atoms with Gasteiger partial charge in [-0.2, -0.15) is 5.10 Å². The minimum atomic E-state index is -0.326. The van der Waals surface area contributed by atoms with E-state index in [1.54, 1.807) is 7.05 Å². The van der Waals surface area contributed by atoms with Crippen molar-refractivity contribution >= 4 is 17.3 Å². The normalized spacial score (nSPS) is 25.8. The highest BCUT2D eigenvalue weighted by molar-refractivity contribution is 5.80. The Labute approximate surface area is 212 Å². The Bertz CT molecular complexity index is 1110. The maximum absolute atomic E-state index is 12.3. The topological polar surface area (TPSA) is 102 Å². The number of rotatable bonds is 8. The minimum absolute atomic E-state index is 0.115. The van der Waals surface area contributed by atoms with Gasteiger partial charge in [0.25, 0.3) is 0 Å². The zero-order valence-electron chi connectivity index (χ0n) is 21.4. The third-order valence-corrected chi connectivity index (χ3v) is 7.33. The summed E-state index contributed by atoms with van der Waals surface area (Å²) in [6.45, 7) is 7.23. The molecule has 1 saturated heterocycles. The molecule has 0 bridgehead atoms. The van der Waals surface area contributed by atoms with E-state index in [2.05, 4.69) is 50.9 Å². The summed E-state index contributed by atoms with van der Waals surface area (Å²) < 4.78 is 12.1. The van der Waals surface area contributed by atoms with Crippen molar-refractivity contribution in [1.82, 2.24) is 25.4 Å². The Balaban J connectivity index is 1.31. The molecule has 36 heavy (non-hydrogen) atoms. The summed E-state index contributed by atoms with van der Waals surface area (Å²) in [5.74, 6) is 1.84. The van der Waals surface area contributed by atoms with Crippen LogP contribution in [0.1, 0.15) is 55.3 Å². The number of amides is 1. The van der Waals surface area contributed by atoms with Crippen molar-refractivity contribution in [2.24, 2.45) is 0 Å². The number of likely N-dealkylation sites (N-methyl/N-ethyl adjacent to an activating group) is 1. The number of nitrogens with one attached hydrogen (secondary N) is 2. The van der Waals surface area contributed by atoms with E-state index in [1.165, 1.54) is 0 Å². The van der Waals surface area contributed by atoms with Gasteiger partial charge < -0.3 is 25.0 Å². The number of carbonyl (C=O) groups is 1. The van der Waals surface area contributed by atoms with Crippen molar-refractivity contribution in [2.75, 3.05) is 45.2 Å². The quantitative estimate of drug-likeness (QED) is 0.580. The van der Waals surface area contributed by atoms with Crippen LogP contribution in [0, 0.1) is 6.92 Å². The number of anilines is 1. The smallest absolute Gasteiger partial charge is 0.241 e. The number of aryl methyl sites for hydroxylation is 1. The van der Waals surface area contributed by atoms with E-state index < -0.39 is 0 Å². The average Bonchev–Trinajstić information content (AvgIpc) is 3.40. The largest absolute Gasteiger partial charge is 0.470 e. The summed E-state index contributed by atoms with van der Waals surface area (Å²) in [4.78, 5) is 18.7. The van der Waals surface area contributed by atoms with E-state index in [9.17, 15) is 4.79 Å². The molecule has 3 aliphatic rings. The standard InChI is InChI=1S/C27H36N6O3/c1-18-4-5-24(29-15-18)30-21-13-27(2,14-21)36-26-22(12-23(31-32-26)20-8-11-35-17-20)19-6-9-33(10-7-19)25(34)16-28-3/h4-6,12,15,20-21,28H,7-11,13-14,16-17H2,1-3H3,(H,29,30). The number of aromatic nitrogens is 3. The molecule has 4 heterocycles.